The molecule has 2 amide bonds. The second kappa shape index (κ2) is 9.27. The molecule has 1 N–H and O–H groups in total. The van der Waals surface area contributed by atoms with E-state index in [1.54, 1.807) is 18.4 Å². The lowest BCUT2D eigenvalue weighted by Crippen LogP contribution is -2.47. The van der Waals surface area contributed by atoms with Gasteiger partial charge in [-0.1, -0.05) is 48.5 Å². The van der Waals surface area contributed by atoms with Gasteiger partial charge in [0.1, 0.15) is 0 Å². The zero-order chi connectivity index (χ0) is 22.8. The minimum Gasteiger partial charge on any atom is -0.381 e. The molecule has 0 radical (unpaired) electrons. The maximum Gasteiger partial charge on any atom is 0.261 e. The van der Waals surface area contributed by atoms with Crippen LogP contribution in [0.1, 0.15) is 46.0 Å². The Labute approximate surface area is 198 Å². The van der Waals surface area contributed by atoms with Crippen LogP contribution in [0, 0.1) is 5.41 Å². The smallest absolute Gasteiger partial charge is 0.261 e. The highest BCUT2D eigenvalue weighted by atomic mass is 32.1. The summed E-state index contributed by atoms with van der Waals surface area (Å²) in [7, 11) is 1.68. The first kappa shape index (κ1) is 22.1. The molecule has 3 aromatic rings. The van der Waals surface area contributed by atoms with Crippen LogP contribution >= 0.6 is 11.3 Å². The number of amides is 2. The van der Waals surface area contributed by atoms with Crippen molar-refractivity contribution in [2.45, 2.75) is 31.6 Å². The fourth-order valence-corrected chi connectivity index (χ4v) is 6.72. The monoisotopic (exact) mass is 462 g/mol. The Bertz CT molecular complexity index is 1150. The molecule has 0 unspecified atom stereocenters. The summed E-state index contributed by atoms with van der Waals surface area (Å²) in [6.45, 7) is 2.66. The molecule has 2 aliphatic heterocycles. The lowest BCUT2D eigenvalue weighted by atomic mass is 9.74. The molecule has 5 nitrogen and oxygen atoms in total. The zero-order valence-electron chi connectivity index (χ0n) is 19.0. The van der Waals surface area contributed by atoms with Crippen molar-refractivity contribution in [3.8, 4) is 0 Å². The highest BCUT2D eigenvalue weighted by molar-refractivity contribution is 7.21. The van der Waals surface area contributed by atoms with E-state index in [1.165, 1.54) is 5.56 Å². The van der Waals surface area contributed by atoms with Crippen LogP contribution in [0.25, 0.3) is 10.1 Å². The third-order valence-electron chi connectivity index (χ3n) is 7.24. The summed E-state index contributed by atoms with van der Waals surface area (Å²) in [5.74, 6) is 0.380. The van der Waals surface area contributed by atoms with Gasteiger partial charge in [0.25, 0.3) is 5.91 Å². The number of hydrogen-bond donors (Lipinski definition) is 1. The van der Waals surface area contributed by atoms with Gasteiger partial charge in [0.15, 0.2) is 0 Å². The molecule has 3 heterocycles. The molecule has 1 aromatic heterocycles. The number of carbonyl (C=O) groups is 2. The number of likely N-dealkylation sites (tertiary alicyclic amines) is 1. The second-order valence-electron chi connectivity index (χ2n) is 9.21. The molecule has 0 aliphatic carbocycles. The molecular formula is C27H30N2O3S. The topological polar surface area (TPSA) is 58.6 Å². The van der Waals surface area contributed by atoms with Crippen molar-refractivity contribution < 1.29 is 14.3 Å². The lowest BCUT2D eigenvalue weighted by molar-refractivity contribution is -0.146. The van der Waals surface area contributed by atoms with E-state index in [2.05, 4.69) is 34.5 Å². The van der Waals surface area contributed by atoms with Crippen molar-refractivity contribution >= 4 is 33.2 Å². The maximum atomic E-state index is 14.0. The van der Waals surface area contributed by atoms with E-state index in [4.69, 9.17) is 4.74 Å². The van der Waals surface area contributed by atoms with Crippen molar-refractivity contribution in [1.82, 2.24) is 10.2 Å². The predicted octanol–water partition coefficient (Wildman–Crippen LogP) is 4.62. The van der Waals surface area contributed by atoms with Crippen LogP contribution in [0.5, 0.6) is 0 Å². The van der Waals surface area contributed by atoms with E-state index in [1.807, 2.05) is 30.3 Å². The molecule has 6 heteroatoms. The average Bonchev–Trinajstić information content (AvgIpc) is 3.49. The second-order valence-corrected chi connectivity index (χ2v) is 10.3. The Hall–Kier alpha value is -2.70. The molecule has 172 valence electrons. The van der Waals surface area contributed by atoms with Gasteiger partial charge in [0.2, 0.25) is 5.91 Å². The molecular weight excluding hydrogens is 432 g/mol. The van der Waals surface area contributed by atoms with Gasteiger partial charge in [-0.15, -0.1) is 11.3 Å². The van der Waals surface area contributed by atoms with Gasteiger partial charge in [-0.25, -0.2) is 0 Å². The fraction of sp³-hybridized carbons (Fsp3) is 0.407. The molecule has 5 rings (SSSR count). The zero-order valence-corrected chi connectivity index (χ0v) is 19.8. The quantitative estimate of drug-likeness (QED) is 0.602. The number of thiophene rings is 1. The molecule has 0 saturated carbocycles. The fourth-order valence-electron chi connectivity index (χ4n) is 5.48. The summed E-state index contributed by atoms with van der Waals surface area (Å²) < 4.78 is 6.77. The van der Waals surface area contributed by atoms with E-state index in [0.29, 0.717) is 19.8 Å². The van der Waals surface area contributed by atoms with Gasteiger partial charge in [-0.2, -0.15) is 0 Å². The van der Waals surface area contributed by atoms with E-state index < -0.39 is 5.41 Å². The third kappa shape index (κ3) is 4.18. The Morgan fingerprint density at radius 1 is 1.09 bits per heavy atom. The van der Waals surface area contributed by atoms with Crippen LogP contribution in [-0.2, 0) is 16.0 Å². The normalized spacial score (nSPS) is 20.2. The summed E-state index contributed by atoms with van der Waals surface area (Å²) in [6, 6.07) is 18.6. The lowest BCUT2D eigenvalue weighted by Gasteiger charge is -2.39. The van der Waals surface area contributed by atoms with Crippen molar-refractivity contribution in [2.75, 3.05) is 33.4 Å². The molecule has 1 atom stereocenters. The summed E-state index contributed by atoms with van der Waals surface area (Å²) in [4.78, 5) is 29.5. The number of benzene rings is 2. The van der Waals surface area contributed by atoms with Crippen molar-refractivity contribution in [3.63, 3.8) is 0 Å². The van der Waals surface area contributed by atoms with Gasteiger partial charge in [-0.3, -0.25) is 9.59 Å². The molecule has 0 spiro atoms. The number of ether oxygens (including phenoxy) is 1. The van der Waals surface area contributed by atoms with E-state index >= 15 is 0 Å². The molecule has 0 bridgehead atoms. The molecule has 2 saturated heterocycles. The van der Waals surface area contributed by atoms with Gasteiger partial charge in [-0.05, 0) is 48.3 Å². The van der Waals surface area contributed by atoms with Gasteiger partial charge in [0.05, 0.1) is 10.3 Å². The minimum atomic E-state index is -0.408. The highest BCUT2D eigenvalue weighted by Gasteiger charge is 2.44. The first-order valence-corrected chi connectivity index (χ1v) is 12.6. The van der Waals surface area contributed by atoms with Crippen LogP contribution in [0.4, 0.5) is 0 Å². The Morgan fingerprint density at radius 2 is 1.82 bits per heavy atom. The molecule has 33 heavy (non-hydrogen) atoms. The number of hydrogen-bond acceptors (Lipinski definition) is 4. The number of carbonyl (C=O) groups excluding carboxylic acids is 2. The van der Waals surface area contributed by atoms with Crippen LogP contribution in [0.3, 0.4) is 0 Å². The highest BCUT2D eigenvalue weighted by Crippen LogP contribution is 2.43. The van der Waals surface area contributed by atoms with Crippen LogP contribution < -0.4 is 5.32 Å². The largest absolute Gasteiger partial charge is 0.381 e. The van der Waals surface area contributed by atoms with E-state index in [0.717, 1.165) is 52.8 Å². The van der Waals surface area contributed by atoms with Crippen LogP contribution in [0.2, 0.25) is 0 Å². The summed E-state index contributed by atoms with van der Waals surface area (Å²) in [6.07, 6.45) is 3.15. The number of fused-ring (bicyclic) bond motifs is 1. The molecule has 2 aromatic carbocycles. The molecule has 2 fully saturated rings. The Morgan fingerprint density at radius 3 is 2.58 bits per heavy atom. The number of rotatable bonds is 5. The van der Waals surface area contributed by atoms with E-state index in [9.17, 15) is 9.59 Å². The number of nitrogens with one attached hydrogen (secondary N) is 1. The van der Waals surface area contributed by atoms with Crippen molar-refractivity contribution in [1.29, 1.82) is 0 Å². The summed E-state index contributed by atoms with van der Waals surface area (Å²) >= 11 is 1.55. The minimum absolute atomic E-state index is 0.0408. The Kier molecular flexibility index (Phi) is 6.21. The number of nitrogens with zero attached hydrogens (tertiary/aromatic N) is 1. The van der Waals surface area contributed by atoms with Gasteiger partial charge in [0, 0.05) is 44.0 Å². The molecule has 2 aliphatic rings. The Balaban J connectivity index is 1.43. The van der Waals surface area contributed by atoms with E-state index in [-0.39, 0.29) is 17.7 Å². The summed E-state index contributed by atoms with van der Waals surface area (Å²) in [5, 5.41) is 3.95. The first-order chi connectivity index (χ1) is 16.1. The van der Waals surface area contributed by atoms with Gasteiger partial charge < -0.3 is 15.0 Å². The SMILES string of the molecule is CNC(=O)c1sc2ccccc2c1[C@H]1CCN(C(=O)C2(Cc3ccccc3)CCOCC2)C1. The van der Waals surface area contributed by atoms with Crippen molar-refractivity contribution in [3.05, 3.63) is 70.6 Å². The van der Waals surface area contributed by atoms with Crippen molar-refractivity contribution in [2.24, 2.45) is 5.41 Å². The predicted molar refractivity (Wildman–Crippen MR) is 132 cm³/mol. The van der Waals surface area contributed by atoms with Gasteiger partial charge >= 0.3 is 0 Å². The maximum absolute atomic E-state index is 14.0. The summed E-state index contributed by atoms with van der Waals surface area (Å²) in [5.41, 5.74) is 1.90. The average molecular weight is 463 g/mol. The standard InChI is InChI=1S/C27H30N2O3S/c1-28-25(30)24-23(21-9-5-6-10-22(21)33-24)20-11-14-29(18-20)26(31)27(12-15-32-16-13-27)17-19-7-3-2-4-8-19/h2-10,20H,11-18H2,1H3,(H,28,30)/t20-/m0/s1. The van der Waals surface area contributed by atoms with Crippen LogP contribution in [0.15, 0.2) is 54.6 Å². The first-order valence-electron chi connectivity index (χ1n) is 11.8. The third-order valence-corrected chi connectivity index (χ3v) is 8.43. The van der Waals surface area contributed by atoms with Crippen LogP contribution in [-0.4, -0.2) is 50.1 Å².